The number of amides is 2. The molecule has 0 aliphatic carbocycles. The van der Waals surface area contributed by atoms with Crippen molar-refractivity contribution in [1.29, 1.82) is 0 Å². The van der Waals surface area contributed by atoms with E-state index in [1.54, 1.807) is 41.5 Å². The molecule has 1 atom stereocenters. The Bertz CT molecular complexity index is 1950. The molecule has 1 aromatic carbocycles. The topological polar surface area (TPSA) is 117 Å². The minimum absolute atomic E-state index is 0.0978. The highest BCUT2D eigenvalue weighted by atomic mass is 19.3. The number of fused-ring (bicyclic) bond motifs is 1. The fourth-order valence-electron chi connectivity index (χ4n) is 4.70. The second-order valence-electron chi connectivity index (χ2n) is 13.1. The van der Waals surface area contributed by atoms with E-state index in [1.807, 2.05) is 0 Å². The van der Waals surface area contributed by atoms with Gasteiger partial charge in [-0.25, -0.2) is 36.7 Å². The second-order valence-corrected chi connectivity index (χ2v) is 13.1. The molecule has 252 valence electrons. The van der Waals surface area contributed by atoms with Crippen LogP contribution in [0.2, 0.25) is 0 Å². The number of pyridine rings is 2. The molecule has 5 rings (SSSR count). The number of carbonyl (C=O) groups excluding carboxylic acids is 2. The molecule has 4 aromatic heterocycles. The molecule has 0 fully saturated rings. The van der Waals surface area contributed by atoms with Crippen LogP contribution in [0.15, 0.2) is 67.1 Å². The molecule has 0 aliphatic heterocycles. The van der Waals surface area contributed by atoms with Gasteiger partial charge in [-0.05, 0) is 83.5 Å². The lowest BCUT2D eigenvalue weighted by Crippen LogP contribution is -2.44. The van der Waals surface area contributed by atoms with Crippen molar-refractivity contribution in [2.45, 2.75) is 71.6 Å². The molecule has 48 heavy (non-hydrogen) atoms. The van der Waals surface area contributed by atoms with E-state index in [0.717, 1.165) is 23.7 Å². The number of imide groups is 1. The minimum Gasteiger partial charge on any atom is -0.443 e. The summed E-state index contributed by atoms with van der Waals surface area (Å²) in [7, 11) is 0. The Hall–Kier alpha value is -5.34. The summed E-state index contributed by atoms with van der Waals surface area (Å²) in [6.07, 6.45) is 1.99. The van der Waals surface area contributed by atoms with Gasteiger partial charge in [0.15, 0.2) is 5.65 Å². The van der Waals surface area contributed by atoms with Crippen LogP contribution in [0.3, 0.4) is 0 Å². The smallest absolute Gasteiger partial charge is 0.427 e. The minimum atomic E-state index is -3.27. The highest BCUT2D eigenvalue weighted by Crippen LogP contribution is 2.35. The van der Waals surface area contributed by atoms with Crippen LogP contribution in [0, 0.1) is 11.6 Å². The SMILES string of the molecule is CC(C)(C)OC(=O)N(C(=O)OC(C)(C)C)c1nc2cc(-c3nc(-c4cnn([C@H](c5ccc(F)cc5)C(C)(F)F)c4)ccc3F)ccn2n1. The van der Waals surface area contributed by atoms with Crippen LogP contribution >= 0.6 is 0 Å². The number of ether oxygens (including phenoxy) is 2. The Morgan fingerprint density at radius 2 is 1.46 bits per heavy atom. The van der Waals surface area contributed by atoms with E-state index >= 15 is 4.39 Å². The molecule has 4 heterocycles. The van der Waals surface area contributed by atoms with E-state index in [2.05, 4.69) is 20.2 Å². The van der Waals surface area contributed by atoms with Gasteiger partial charge in [0.2, 0.25) is 0 Å². The number of anilines is 1. The first-order chi connectivity index (χ1) is 22.3. The Labute approximate surface area is 273 Å². The fraction of sp³-hybridized carbons (Fsp3) is 0.333. The van der Waals surface area contributed by atoms with Gasteiger partial charge in [-0.15, -0.1) is 10.00 Å². The van der Waals surface area contributed by atoms with Gasteiger partial charge in [-0.2, -0.15) is 10.1 Å². The van der Waals surface area contributed by atoms with Crippen molar-refractivity contribution in [2.75, 3.05) is 4.90 Å². The van der Waals surface area contributed by atoms with Gasteiger partial charge < -0.3 is 9.47 Å². The van der Waals surface area contributed by atoms with E-state index in [1.165, 1.54) is 59.5 Å². The number of rotatable bonds is 6. The van der Waals surface area contributed by atoms with E-state index < -0.39 is 47.0 Å². The highest BCUT2D eigenvalue weighted by Gasteiger charge is 2.38. The third-order valence-electron chi connectivity index (χ3n) is 6.63. The van der Waals surface area contributed by atoms with Crippen molar-refractivity contribution >= 4 is 23.8 Å². The summed E-state index contributed by atoms with van der Waals surface area (Å²) in [6.45, 7) is 10.5. The van der Waals surface area contributed by atoms with Gasteiger partial charge in [-0.1, -0.05) is 12.1 Å². The first-order valence-electron chi connectivity index (χ1n) is 14.8. The zero-order chi connectivity index (χ0) is 35.2. The maximum Gasteiger partial charge on any atom is 0.427 e. The zero-order valence-electron chi connectivity index (χ0n) is 27.2. The monoisotopic (exact) mass is 667 g/mol. The van der Waals surface area contributed by atoms with Crippen LogP contribution in [-0.2, 0) is 9.47 Å². The summed E-state index contributed by atoms with van der Waals surface area (Å²) >= 11 is 0. The molecular weight excluding hydrogens is 634 g/mol. The second kappa shape index (κ2) is 12.4. The van der Waals surface area contributed by atoms with Crippen molar-refractivity contribution in [3.05, 3.63) is 84.3 Å². The standard InChI is InChI=1S/C33H33F4N7O4/c1-31(2,3)47-29(45)44(30(46)48-32(4,5)6)28-40-25-16-20(14-15-42(25)41-28)26-23(35)12-13-24(39-26)21-17-38-43(18-21)27(33(7,36)37)19-8-10-22(34)11-9-19/h8-18,27H,1-7H3/t27-/m1/s1. The number of aromatic nitrogens is 6. The maximum atomic E-state index is 15.2. The molecule has 0 aliphatic rings. The summed E-state index contributed by atoms with van der Waals surface area (Å²) in [5.74, 6) is -4.86. The highest BCUT2D eigenvalue weighted by molar-refractivity contribution is 6.08. The Morgan fingerprint density at radius 1 is 0.833 bits per heavy atom. The fourth-order valence-corrected chi connectivity index (χ4v) is 4.70. The van der Waals surface area contributed by atoms with Crippen molar-refractivity contribution in [1.82, 2.24) is 29.4 Å². The third kappa shape index (κ3) is 7.61. The lowest BCUT2D eigenvalue weighted by molar-refractivity contribution is -0.0217. The number of benzene rings is 1. The molecule has 0 unspecified atom stereocenters. The van der Waals surface area contributed by atoms with Crippen molar-refractivity contribution < 1.29 is 36.6 Å². The molecular formula is C33H33F4N7O4. The third-order valence-corrected chi connectivity index (χ3v) is 6.63. The van der Waals surface area contributed by atoms with E-state index in [0.29, 0.717) is 10.5 Å². The largest absolute Gasteiger partial charge is 0.443 e. The quantitative estimate of drug-likeness (QED) is 0.168. The van der Waals surface area contributed by atoms with Crippen LogP contribution in [-0.4, -0.2) is 58.7 Å². The lowest BCUT2D eigenvalue weighted by atomic mass is 10.0. The Morgan fingerprint density at radius 3 is 2.04 bits per heavy atom. The molecule has 5 aromatic rings. The summed E-state index contributed by atoms with van der Waals surface area (Å²) in [5, 5.41) is 8.35. The molecule has 0 N–H and O–H groups in total. The van der Waals surface area contributed by atoms with Crippen molar-refractivity contribution in [3.63, 3.8) is 0 Å². The van der Waals surface area contributed by atoms with Crippen molar-refractivity contribution in [3.8, 4) is 22.5 Å². The predicted octanol–water partition coefficient (Wildman–Crippen LogP) is 7.85. The van der Waals surface area contributed by atoms with Crippen LogP contribution in [0.4, 0.5) is 33.1 Å². The first-order valence-corrected chi connectivity index (χ1v) is 14.8. The summed E-state index contributed by atoms with van der Waals surface area (Å²) < 4.78 is 71.2. The number of hydrogen-bond donors (Lipinski definition) is 0. The summed E-state index contributed by atoms with van der Waals surface area (Å²) in [5.41, 5.74) is -0.906. The van der Waals surface area contributed by atoms with Gasteiger partial charge in [0.05, 0.1) is 11.9 Å². The lowest BCUT2D eigenvalue weighted by Gasteiger charge is -2.26. The zero-order valence-corrected chi connectivity index (χ0v) is 27.2. The molecule has 0 saturated heterocycles. The number of halogens is 4. The van der Waals surface area contributed by atoms with Crippen LogP contribution < -0.4 is 4.90 Å². The maximum absolute atomic E-state index is 15.2. The van der Waals surface area contributed by atoms with Crippen LogP contribution in [0.1, 0.15) is 60.1 Å². The van der Waals surface area contributed by atoms with E-state index in [4.69, 9.17) is 9.47 Å². The van der Waals surface area contributed by atoms with Crippen molar-refractivity contribution in [2.24, 2.45) is 0 Å². The Balaban J connectivity index is 1.49. The first kappa shape index (κ1) is 34.0. The number of alkyl halides is 2. The average molecular weight is 668 g/mol. The van der Waals surface area contributed by atoms with Gasteiger partial charge in [0, 0.05) is 30.4 Å². The number of nitrogens with zero attached hydrogens (tertiary/aromatic N) is 7. The molecule has 0 radical (unpaired) electrons. The van der Waals surface area contributed by atoms with E-state index in [9.17, 15) is 22.8 Å². The van der Waals surface area contributed by atoms with Crippen LogP contribution in [0.25, 0.3) is 28.2 Å². The average Bonchev–Trinajstić information content (AvgIpc) is 3.59. The normalized spacial score (nSPS) is 13.0. The molecule has 0 spiro atoms. The van der Waals surface area contributed by atoms with Crippen LogP contribution in [0.5, 0.6) is 0 Å². The summed E-state index contributed by atoms with van der Waals surface area (Å²) in [6, 6.07) is 8.66. The number of carbonyl (C=O) groups is 2. The predicted molar refractivity (Wildman–Crippen MR) is 168 cm³/mol. The molecule has 2 amide bonds. The Kier molecular flexibility index (Phi) is 8.75. The number of hydrogen-bond acceptors (Lipinski definition) is 8. The molecule has 0 bridgehead atoms. The van der Waals surface area contributed by atoms with Gasteiger partial charge >= 0.3 is 12.2 Å². The van der Waals surface area contributed by atoms with Gasteiger partial charge in [-0.3, -0.25) is 4.68 Å². The van der Waals surface area contributed by atoms with E-state index in [-0.39, 0.29) is 34.1 Å². The molecule has 15 heteroatoms. The van der Waals surface area contributed by atoms with Gasteiger partial charge in [0.25, 0.3) is 11.9 Å². The molecule has 11 nitrogen and oxygen atoms in total. The van der Waals surface area contributed by atoms with Gasteiger partial charge in [0.1, 0.15) is 34.6 Å². The summed E-state index contributed by atoms with van der Waals surface area (Å²) in [4.78, 5) is 35.4. The molecule has 0 saturated carbocycles.